The molecule has 1 aromatic heterocycles. The van der Waals surface area contributed by atoms with Crippen LogP contribution in [0.5, 0.6) is 5.75 Å². The van der Waals surface area contributed by atoms with Crippen LogP contribution in [-0.2, 0) is 25.8 Å². The molecule has 5 nitrogen and oxygen atoms in total. The van der Waals surface area contributed by atoms with Crippen LogP contribution in [0.2, 0.25) is 0 Å². The predicted octanol–water partition coefficient (Wildman–Crippen LogP) is 3.33. The quantitative estimate of drug-likeness (QED) is 0.445. The van der Waals surface area contributed by atoms with Gasteiger partial charge in [0, 0.05) is 31.4 Å². The van der Waals surface area contributed by atoms with Gasteiger partial charge in [-0.25, -0.2) is 4.98 Å². The van der Waals surface area contributed by atoms with E-state index in [0.717, 1.165) is 37.6 Å². The summed E-state index contributed by atoms with van der Waals surface area (Å²) in [7, 11) is 3.48. The van der Waals surface area contributed by atoms with Crippen molar-refractivity contribution in [1.82, 2.24) is 15.6 Å². The second-order valence-corrected chi connectivity index (χ2v) is 7.66. The van der Waals surface area contributed by atoms with Gasteiger partial charge in [-0.1, -0.05) is 12.1 Å². The van der Waals surface area contributed by atoms with Gasteiger partial charge in [-0.15, -0.1) is 11.3 Å². The maximum absolute atomic E-state index is 5.18. The molecule has 1 heterocycles. The Labute approximate surface area is 159 Å². The molecule has 0 unspecified atom stereocenters. The summed E-state index contributed by atoms with van der Waals surface area (Å²) >= 11 is 1.92. The number of nitrogens with one attached hydrogen (secondary N) is 2. The van der Waals surface area contributed by atoms with E-state index < -0.39 is 0 Å². The normalized spacial score (nSPS) is 14.0. The highest BCUT2D eigenvalue weighted by molar-refractivity contribution is 7.11. The Hall–Kier alpha value is -2.08. The number of aliphatic imine (C=N–C) groups is 1. The van der Waals surface area contributed by atoms with Gasteiger partial charge in [-0.2, -0.15) is 0 Å². The molecule has 1 aromatic carbocycles. The molecule has 0 radical (unpaired) electrons. The average molecular weight is 373 g/mol. The van der Waals surface area contributed by atoms with Gasteiger partial charge in [0.15, 0.2) is 5.96 Å². The lowest BCUT2D eigenvalue weighted by atomic mass is 10.0. The van der Waals surface area contributed by atoms with Crippen molar-refractivity contribution in [3.63, 3.8) is 0 Å². The third-order valence-corrected chi connectivity index (χ3v) is 5.81. The zero-order valence-electron chi connectivity index (χ0n) is 15.7. The van der Waals surface area contributed by atoms with Crippen molar-refractivity contribution in [3.05, 3.63) is 45.4 Å². The van der Waals surface area contributed by atoms with Gasteiger partial charge >= 0.3 is 0 Å². The van der Waals surface area contributed by atoms with E-state index >= 15 is 0 Å². The third kappa shape index (κ3) is 5.21. The predicted molar refractivity (Wildman–Crippen MR) is 108 cm³/mol. The minimum absolute atomic E-state index is 0.739. The van der Waals surface area contributed by atoms with Gasteiger partial charge in [0.2, 0.25) is 0 Å². The maximum atomic E-state index is 5.18. The molecule has 0 aliphatic heterocycles. The van der Waals surface area contributed by atoms with Crippen LogP contribution >= 0.6 is 11.3 Å². The number of aromatic nitrogens is 1. The number of thiazole rings is 1. The first kappa shape index (κ1) is 18.7. The molecule has 1 aliphatic carbocycles. The van der Waals surface area contributed by atoms with Crippen LogP contribution in [0.15, 0.2) is 29.3 Å². The van der Waals surface area contributed by atoms with Crippen LogP contribution in [0.3, 0.4) is 0 Å². The Bertz CT molecular complexity index is 700. The number of ether oxygens (including phenoxy) is 1. The minimum atomic E-state index is 0.739. The molecule has 0 bridgehead atoms. The minimum Gasteiger partial charge on any atom is -0.497 e. The monoisotopic (exact) mass is 372 g/mol. The van der Waals surface area contributed by atoms with Gasteiger partial charge in [-0.3, -0.25) is 4.99 Å². The summed E-state index contributed by atoms with van der Waals surface area (Å²) in [5.74, 6) is 1.71. The molecule has 0 saturated heterocycles. The highest BCUT2D eigenvalue weighted by Gasteiger charge is 2.14. The van der Waals surface area contributed by atoms with E-state index in [-0.39, 0.29) is 0 Å². The molecular formula is C20H28N4OS. The number of hydrogen-bond acceptors (Lipinski definition) is 4. The van der Waals surface area contributed by atoms with Gasteiger partial charge in [0.1, 0.15) is 5.75 Å². The molecular weight excluding hydrogens is 344 g/mol. The number of aryl methyl sites for hydroxylation is 3. The number of nitrogens with zero attached hydrogens (tertiary/aromatic N) is 2. The van der Waals surface area contributed by atoms with Crippen molar-refractivity contribution < 1.29 is 4.74 Å². The van der Waals surface area contributed by atoms with E-state index in [0.29, 0.717) is 0 Å². The number of fused-ring (bicyclic) bond motifs is 1. The Kier molecular flexibility index (Phi) is 6.89. The summed E-state index contributed by atoms with van der Waals surface area (Å²) in [6.45, 7) is 1.63. The van der Waals surface area contributed by atoms with Crippen molar-refractivity contribution in [2.45, 2.75) is 45.1 Å². The summed E-state index contributed by atoms with van der Waals surface area (Å²) < 4.78 is 5.18. The molecule has 140 valence electrons. The number of hydrogen-bond donors (Lipinski definition) is 2. The lowest BCUT2D eigenvalue weighted by Crippen LogP contribution is -2.37. The van der Waals surface area contributed by atoms with Crippen LogP contribution in [0.1, 0.15) is 40.4 Å². The Balaban J connectivity index is 1.37. The van der Waals surface area contributed by atoms with Gasteiger partial charge in [0.25, 0.3) is 0 Å². The number of benzene rings is 1. The second kappa shape index (κ2) is 9.57. The third-order valence-electron chi connectivity index (χ3n) is 4.59. The zero-order valence-corrected chi connectivity index (χ0v) is 16.5. The van der Waals surface area contributed by atoms with E-state index in [1.54, 1.807) is 14.2 Å². The van der Waals surface area contributed by atoms with Crippen LogP contribution in [0, 0.1) is 0 Å². The Morgan fingerprint density at radius 1 is 1.19 bits per heavy atom. The highest BCUT2D eigenvalue weighted by atomic mass is 32.1. The lowest BCUT2D eigenvalue weighted by Gasteiger charge is -2.12. The van der Waals surface area contributed by atoms with E-state index in [2.05, 4.69) is 27.8 Å². The van der Waals surface area contributed by atoms with Crippen LogP contribution in [0.25, 0.3) is 0 Å². The van der Waals surface area contributed by atoms with Gasteiger partial charge in [0.05, 0.1) is 17.8 Å². The fourth-order valence-corrected chi connectivity index (χ4v) is 4.31. The standard InChI is InChI=1S/C20H28N4OS/c1-21-20(23-14-15-9-11-16(25-2)12-10-15)22-13-5-8-19-24-17-6-3-4-7-18(17)26-19/h9-12H,3-8,13-14H2,1-2H3,(H2,21,22,23). The van der Waals surface area contributed by atoms with Gasteiger partial charge < -0.3 is 15.4 Å². The summed E-state index contributed by atoms with van der Waals surface area (Å²) in [6.07, 6.45) is 7.13. The Morgan fingerprint density at radius 2 is 2.00 bits per heavy atom. The molecule has 26 heavy (non-hydrogen) atoms. The molecule has 0 fully saturated rings. The zero-order chi connectivity index (χ0) is 18.2. The van der Waals surface area contributed by atoms with E-state index in [4.69, 9.17) is 9.72 Å². The molecule has 0 amide bonds. The van der Waals surface area contributed by atoms with E-state index in [9.17, 15) is 0 Å². The Morgan fingerprint density at radius 3 is 2.73 bits per heavy atom. The highest BCUT2D eigenvalue weighted by Crippen LogP contribution is 2.27. The lowest BCUT2D eigenvalue weighted by molar-refractivity contribution is 0.414. The largest absolute Gasteiger partial charge is 0.497 e. The number of methoxy groups -OCH3 is 1. The van der Waals surface area contributed by atoms with Gasteiger partial charge in [-0.05, 0) is 49.8 Å². The first-order valence-corrected chi connectivity index (χ1v) is 10.1. The van der Waals surface area contributed by atoms with Crippen molar-refractivity contribution in [2.75, 3.05) is 20.7 Å². The molecule has 1 aliphatic rings. The topological polar surface area (TPSA) is 58.5 Å². The SMILES string of the molecule is CN=C(NCCCc1nc2c(s1)CCCC2)NCc1ccc(OC)cc1. The molecule has 2 N–H and O–H groups in total. The van der Waals surface area contributed by atoms with Crippen molar-refractivity contribution in [1.29, 1.82) is 0 Å². The van der Waals surface area contributed by atoms with Crippen molar-refractivity contribution in [2.24, 2.45) is 4.99 Å². The van der Waals surface area contributed by atoms with Crippen molar-refractivity contribution >= 4 is 17.3 Å². The molecule has 0 spiro atoms. The number of guanidine groups is 1. The van der Waals surface area contributed by atoms with Crippen molar-refractivity contribution in [3.8, 4) is 5.75 Å². The van der Waals surface area contributed by atoms with E-state index in [1.807, 2.05) is 23.5 Å². The summed E-state index contributed by atoms with van der Waals surface area (Å²) in [5, 5.41) is 8.02. The fraction of sp³-hybridized carbons (Fsp3) is 0.500. The first-order valence-electron chi connectivity index (χ1n) is 9.33. The maximum Gasteiger partial charge on any atom is 0.191 e. The van der Waals surface area contributed by atoms with Crippen LogP contribution in [0.4, 0.5) is 0 Å². The first-order chi connectivity index (χ1) is 12.8. The smallest absolute Gasteiger partial charge is 0.191 e. The fourth-order valence-electron chi connectivity index (χ4n) is 3.11. The molecule has 0 saturated carbocycles. The van der Waals surface area contributed by atoms with Crippen LogP contribution < -0.4 is 15.4 Å². The van der Waals surface area contributed by atoms with E-state index in [1.165, 1.54) is 46.8 Å². The molecule has 2 aromatic rings. The summed E-state index contributed by atoms with van der Waals surface area (Å²) in [5.41, 5.74) is 2.56. The average Bonchev–Trinajstić information content (AvgIpc) is 3.10. The number of rotatable bonds is 7. The summed E-state index contributed by atoms with van der Waals surface area (Å²) in [6, 6.07) is 8.06. The summed E-state index contributed by atoms with van der Waals surface area (Å²) in [4.78, 5) is 10.6. The van der Waals surface area contributed by atoms with Crippen LogP contribution in [-0.4, -0.2) is 31.6 Å². The molecule has 6 heteroatoms. The second-order valence-electron chi connectivity index (χ2n) is 6.49. The molecule has 0 atom stereocenters. The molecule has 3 rings (SSSR count).